The van der Waals surface area contributed by atoms with Gasteiger partial charge in [-0.25, -0.2) is 0 Å². The minimum Gasteiger partial charge on any atom is -0.352 e. The molecule has 2 amide bonds. The topological polar surface area (TPSA) is 75.4 Å². The van der Waals surface area contributed by atoms with Crippen LogP contribution in [0.4, 0.5) is 0 Å². The number of hydrogen-bond donors (Lipinski definition) is 2. The molecule has 1 unspecified atom stereocenters. The Labute approximate surface area is 122 Å². The van der Waals surface area contributed by atoms with Gasteiger partial charge < -0.3 is 16.0 Å². The number of nitrogens with two attached hydrogens (primary N) is 1. The zero-order chi connectivity index (χ0) is 15.2. The van der Waals surface area contributed by atoms with Gasteiger partial charge in [-0.2, -0.15) is 0 Å². The highest BCUT2D eigenvalue weighted by atomic mass is 16.2. The van der Waals surface area contributed by atoms with Crippen LogP contribution in [0.3, 0.4) is 0 Å². The standard InChI is InChI=1S/C15H29N3O2/c1-4-5-12(8-9-16)6-7-13(19)18-11-10-17-14(20)15(18,2)3/h12H,4-11,16H2,1-3H3,(H,17,20). The predicted octanol–water partition coefficient (Wildman–Crippen LogP) is 1.27. The first-order valence-electron chi connectivity index (χ1n) is 7.72. The van der Waals surface area contributed by atoms with E-state index in [1.165, 1.54) is 0 Å². The Morgan fingerprint density at radius 2 is 2.10 bits per heavy atom. The molecule has 116 valence electrons. The maximum absolute atomic E-state index is 12.4. The fourth-order valence-corrected chi connectivity index (χ4v) is 2.88. The van der Waals surface area contributed by atoms with Crippen LogP contribution in [0.1, 0.15) is 52.9 Å². The Bertz CT molecular complexity index is 336. The van der Waals surface area contributed by atoms with Crippen molar-refractivity contribution in [3.05, 3.63) is 0 Å². The molecule has 0 aromatic rings. The third-order valence-corrected chi connectivity index (χ3v) is 4.19. The van der Waals surface area contributed by atoms with Gasteiger partial charge in [-0.1, -0.05) is 19.8 Å². The average Bonchev–Trinajstić information content (AvgIpc) is 2.39. The van der Waals surface area contributed by atoms with E-state index in [0.29, 0.717) is 32.0 Å². The first-order chi connectivity index (χ1) is 9.43. The molecule has 0 saturated carbocycles. The number of rotatable bonds is 7. The van der Waals surface area contributed by atoms with Crippen LogP contribution in [0.2, 0.25) is 0 Å². The monoisotopic (exact) mass is 283 g/mol. The van der Waals surface area contributed by atoms with E-state index in [9.17, 15) is 9.59 Å². The lowest BCUT2D eigenvalue weighted by Crippen LogP contribution is -2.63. The van der Waals surface area contributed by atoms with Gasteiger partial charge in [-0.15, -0.1) is 0 Å². The summed E-state index contributed by atoms with van der Waals surface area (Å²) in [5.41, 5.74) is 4.89. The maximum Gasteiger partial charge on any atom is 0.245 e. The van der Waals surface area contributed by atoms with Crippen molar-refractivity contribution in [2.24, 2.45) is 11.7 Å². The molecule has 0 radical (unpaired) electrons. The van der Waals surface area contributed by atoms with Gasteiger partial charge in [0.2, 0.25) is 11.8 Å². The molecule has 0 aromatic heterocycles. The zero-order valence-corrected chi connectivity index (χ0v) is 13.1. The van der Waals surface area contributed by atoms with Gasteiger partial charge >= 0.3 is 0 Å². The first-order valence-corrected chi connectivity index (χ1v) is 7.72. The van der Waals surface area contributed by atoms with Crippen molar-refractivity contribution in [1.82, 2.24) is 10.2 Å². The van der Waals surface area contributed by atoms with E-state index in [0.717, 1.165) is 25.7 Å². The van der Waals surface area contributed by atoms with Gasteiger partial charge in [-0.05, 0) is 39.2 Å². The van der Waals surface area contributed by atoms with Crippen LogP contribution in [-0.2, 0) is 9.59 Å². The molecule has 5 heteroatoms. The molecule has 0 aromatic carbocycles. The van der Waals surface area contributed by atoms with Gasteiger partial charge in [0.05, 0.1) is 0 Å². The number of nitrogens with one attached hydrogen (secondary N) is 1. The molecule has 0 aliphatic carbocycles. The molecule has 0 spiro atoms. The van der Waals surface area contributed by atoms with Crippen LogP contribution in [0.15, 0.2) is 0 Å². The fourth-order valence-electron chi connectivity index (χ4n) is 2.88. The van der Waals surface area contributed by atoms with Crippen LogP contribution in [-0.4, -0.2) is 41.9 Å². The molecule has 1 aliphatic rings. The van der Waals surface area contributed by atoms with E-state index >= 15 is 0 Å². The molecule has 3 N–H and O–H groups in total. The normalized spacial score (nSPS) is 19.6. The minimum atomic E-state index is -0.733. The Kier molecular flexibility index (Phi) is 6.46. The molecule has 5 nitrogen and oxygen atoms in total. The van der Waals surface area contributed by atoms with Gasteiger partial charge in [0.25, 0.3) is 0 Å². The van der Waals surface area contributed by atoms with Crippen LogP contribution in [0.25, 0.3) is 0 Å². The van der Waals surface area contributed by atoms with E-state index in [4.69, 9.17) is 5.73 Å². The van der Waals surface area contributed by atoms with Crippen LogP contribution >= 0.6 is 0 Å². The maximum atomic E-state index is 12.4. The van der Waals surface area contributed by atoms with Gasteiger partial charge in [-0.3, -0.25) is 9.59 Å². The molecule has 0 bridgehead atoms. The van der Waals surface area contributed by atoms with Crippen molar-refractivity contribution in [2.75, 3.05) is 19.6 Å². The summed E-state index contributed by atoms with van der Waals surface area (Å²) in [6.07, 6.45) is 4.61. The summed E-state index contributed by atoms with van der Waals surface area (Å²) in [5, 5.41) is 2.81. The molecule has 1 atom stereocenters. The zero-order valence-electron chi connectivity index (χ0n) is 13.1. The molecular formula is C15H29N3O2. The summed E-state index contributed by atoms with van der Waals surface area (Å²) in [5.74, 6) is 0.544. The van der Waals surface area contributed by atoms with Gasteiger partial charge in [0.15, 0.2) is 0 Å². The Balaban J connectivity index is 2.54. The highest BCUT2D eigenvalue weighted by Crippen LogP contribution is 2.22. The van der Waals surface area contributed by atoms with Crippen molar-refractivity contribution < 1.29 is 9.59 Å². The fraction of sp³-hybridized carbons (Fsp3) is 0.867. The number of carbonyl (C=O) groups is 2. The largest absolute Gasteiger partial charge is 0.352 e. The Morgan fingerprint density at radius 1 is 1.40 bits per heavy atom. The second-order valence-corrected chi connectivity index (χ2v) is 6.13. The first kappa shape index (κ1) is 17.0. The Hall–Kier alpha value is -1.10. The van der Waals surface area contributed by atoms with Gasteiger partial charge in [0.1, 0.15) is 5.54 Å². The number of carbonyl (C=O) groups excluding carboxylic acids is 2. The SMILES string of the molecule is CCCC(CCN)CCC(=O)N1CCNC(=O)C1(C)C. The van der Waals surface area contributed by atoms with Crippen molar-refractivity contribution in [1.29, 1.82) is 0 Å². The molecule has 1 aliphatic heterocycles. The van der Waals surface area contributed by atoms with Crippen molar-refractivity contribution in [2.45, 2.75) is 58.4 Å². The molecule has 20 heavy (non-hydrogen) atoms. The average molecular weight is 283 g/mol. The second-order valence-electron chi connectivity index (χ2n) is 6.13. The van der Waals surface area contributed by atoms with Crippen molar-refractivity contribution >= 4 is 11.8 Å². The van der Waals surface area contributed by atoms with Crippen LogP contribution in [0, 0.1) is 5.92 Å². The summed E-state index contributed by atoms with van der Waals surface area (Å²) >= 11 is 0. The highest BCUT2D eigenvalue weighted by molar-refractivity contribution is 5.91. The molecular weight excluding hydrogens is 254 g/mol. The third-order valence-electron chi connectivity index (χ3n) is 4.19. The number of piperazine rings is 1. The quantitative estimate of drug-likeness (QED) is 0.739. The van der Waals surface area contributed by atoms with Gasteiger partial charge in [0, 0.05) is 19.5 Å². The summed E-state index contributed by atoms with van der Waals surface area (Å²) in [6.45, 7) is 7.60. The molecule has 1 rings (SSSR count). The smallest absolute Gasteiger partial charge is 0.245 e. The highest BCUT2D eigenvalue weighted by Gasteiger charge is 2.40. The van der Waals surface area contributed by atoms with E-state index in [-0.39, 0.29) is 11.8 Å². The van der Waals surface area contributed by atoms with Crippen LogP contribution < -0.4 is 11.1 Å². The molecule has 1 heterocycles. The number of nitrogens with zero attached hydrogens (tertiary/aromatic N) is 1. The van der Waals surface area contributed by atoms with Crippen molar-refractivity contribution in [3.8, 4) is 0 Å². The molecule has 1 fully saturated rings. The van der Waals surface area contributed by atoms with Crippen LogP contribution in [0.5, 0.6) is 0 Å². The van der Waals surface area contributed by atoms with E-state index in [1.54, 1.807) is 4.90 Å². The summed E-state index contributed by atoms with van der Waals surface area (Å²) < 4.78 is 0. The van der Waals surface area contributed by atoms with E-state index in [2.05, 4.69) is 12.2 Å². The summed E-state index contributed by atoms with van der Waals surface area (Å²) in [6, 6.07) is 0. The Morgan fingerprint density at radius 3 is 2.70 bits per heavy atom. The number of amides is 2. The predicted molar refractivity (Wildman–Crippen MR) is 80.1 cm³/mol. The summed E-state index contributed by atoms with van der Waals surface area (Å²) in [7, 11) is 0. The third kappa shape index (κ3) is 4.20. The lowest BCUT2D eigenvalue weighted by molar-refractivity contribution is -0.149. The summed E-state index contributed by atoms with van der Waals surface area (Å²) in [4.78, 5) is 26.0. The molecule has 1 saturated heterocycles. The van der Waals surface area contributed by atoms with E-state index in [1.807, 2.05) is 13.8 Å². The lowest BCUT2D eigenvalue weighted by Gasteiger charge is -2.41. The second kappa shape index (κ2) is 7.62. The lowest BCUT2D eigenvalue weighted by atomic mass is 9.93. The minimum absolute atomic E-state index is 0.0656. The van der Waals surface area contributed by atoms with Crippen molar-refractivity contribution in [3.63, 3.8) is 0 Å². The van der Waals surface area contributed by atoms with E-state index < -0.39 is 5.54 Å². The number of hydrogen-bond acceptors (Lipinski definition) is 3.